The lowest BCUT2D eigenvalue weighted by Crippen LogP contribution is -2.37. The second kappa shape index (κ2) is 7.92. The van der Waals surface area contributed by atoms with Gasteiger partial charge in [-0.25, -0.2) is 0 Å². The fourth-order valence-electron chi connectivity index (χ4n) is 3.63. The van der Waals surface area contributed by atoms with Crippen LogP contribution in [0.4, 0.5) is 0 Å². The van der Waals surface area contributed by atoms with Gasteiger partial charge in [0.15, 0.2) is 0 Å². The number of nitrogens with zero attached hydrogens (tertiary/aromatic N) is 1. The standard InChI is InChI=1S/C22H22N2O2S/c25-21(24-11-9-16(10-12-24)14-19-5-3-13-27-19)8-7-18-15-17-4-1-2-6-20(17)23-22(18)26/h1-8,13,15-16H,9-12,14H2,(H,23,26)/b8-7+. The second-order valence-electron chi connectivity index (χ2n) is 7.03. The molecule has 2 aromatic heterocycles. The number of rotatable bonds is 4. The van der Waals surface area contributed by atoms with Crippen LogP contribution in [0.25, 0.3) is 17.0 Å². The van der Waals surface area contributed by atoms with Crippen LogP contribution in [-0.2, 0) is 11.2 Å². The number of carbonyl (C=O) groups excluding carboxylic acids is 1. The Kier molecular flexibility index (Phi) is 5.21. The molecule has 1 aromatic carbocycles. The van der Waals surface area contributed by atoms with Crippen molar-refractivity contribution in [3.63, 3.8) is 0 Å². The van der Waals surface area contributed by atoms with Crippen LogP contribution in [0.5, 0.6) is 0 Å². The van der Waals surface area contributed by atoms with E-state index in [1.807, 2.05) is 46.6 Å². The summed E-state index contributed by atoms with van der Waals surface area (Å²) < 4.78 is 0. The van der Waals surface area contributed by atoms with E-state index >= 15 is 0 Å². The fraction of sp³-hybridized carbons (Fsp3) is 0.273. The minimum absolute atomic E-state index is 0.0165. The van der Waals surface area contributed by atoms with Crippen molar-refractivity contribution in [2.24, 2.45) is 5.92 Å². The average Bonchev–Trinajstić information content (AvgIpc) is 3.19. The van der Waals surface area contributed by atoms with E-state index in [4.69, 9.17) is 0 Å². The third kappa shape index (κ3) is 4.19. The molecule has 0 atom stereocenters. The highest BCUT2D eigenvalue weighted by Crippen LogP contribution is 2.24. The first-order valence-electron chi connectivity index (χ1n) is 9.30. The summed E-state index contributed by atoms with van der Waals surface area (Å²) in [6, 6.07) is 13.7. The Bertz CT molecular complexity index is 1010. The number of carbonyl (C=O) groups is 1. The normalized spacial score (nSPS) is 15.6. The molecule has 0 radical (unpaired) electrons. The van der Waals surface area contributed by atoms with Gasteiger partial charge in [0.2, 0.25) is 5.91 Å². The van der Waals surface area contributed by atoms with Crippen LogP contribution in [0.15, 0.2) is 58.7 Å². The maximum Gasteiger partial charge on any atom is 0.255 e. The number of fused-ring (bicyclic) bond motifs is 1. The summed E-state index contributed by atoms with van der Waals surface area (Å²) in [5.74, 6) is 0.636. The van der Waals surface area contributed by atoms with Crippen LogP contribution >= 0.6 is 11.3 Å². The summed E-state index contributed by atoms with van der Waals surface area (Å²) in [7, 11) is 0. The zero-order valence-corrected chi connectivity index (χ0v) is 15.9. The lowest BCUT2D eigenvalue weighted by atomic mass is 9.93. The van der Waals surface area contributed by atoms with Crippen molar-refractivity contribution in [2.45, 2.75) is 19.3 Å². The highest BCUT2D eigenvalue weighted by molar-refractivity contribution is 7.09. The zero-order valence-electron chi connectivity index (χ0n) is 15.1. The van der Waals surface area contributed by atoms with E-state index in [1.54, 1.807) is 6.08 Å². The summed E-state index contributed by atoms with van der Waals surface area (Å²) in [5.41, 5.74) is 1.14. The Morgan fingerprint density at radius 1 is 1.19 bits per heavy atom. The molecule has 1 N–H and O–H groups in total. The van der Waals surface area contributed by atoms with Gasteiger partial charge in [-0.05, 0) is 60.2 Å². The molecule has 27 heavy (non-hydrogen) atoms. The first kappa shape index (κ1) is 17.7. The number of hydrogen-bond donors (Lipinski definition) is 1. The van der Waals surface area contributed by atoms with Gasteiger partial charge in [0, 0.05) is 35.1 Å². The molecule has 1 fully saturated rings. The molecular formula is C22H22N2O2S. The van der Waals surface area contributed by atoms with Gasteiger partial charge < -0.3 is 9.88 Å². The van der Waals surface area contributed by atoms with Gasteiger partial charge in [0.1, 0.15) is 0 Å². The second-order valence-corrected chi connectivity index (χ2v) is 8.06. The van der Waals surface area contributed by atoms with Gasteiger partial charge in [0.05, 0.1) is 0 Å². The lowest BCUT2D eigenvalue weighted by molar-refractivity contribution is -0.127. The monoisotopic (exact) mass is 378 g/mol. The summed E-state index contributed by atoms with van der Waals surface area (Å²) in [4.78, 5) is 30.9. The highest BCUT2D eigenvalue weighted by Gasteiger charge is 2.22. The number of aromatic amines is 1. The van der Waals surface area contributed by atoms with Crippen LogP contribution in [0.3, 0.4) is 0 Å². The van der Waals surface area contributed by atoms with E-state index < -0.39 is 0 Å². The molecule has 3 heterocycles. The molecule has 138 valence electrons. The van der Waals surface area contributed by atoms with Crippen molar-refractivity contribution in [3.8, 4) is 0 Å². The SMILES string of the molecule is O=C(/C=C/c1cc2ccccc2[nH]c1=O)N1CCC(Cc2cccs2)CC1. The predicted octanol–water partition coefficient (Wildman–Crippen LogP) is 4.08. The third-order valence-corrected chi connectivity index (χ3v) is 6.08. The van der Waals surface area contributed by atoms with Gasteiger partial charge in [-0.15, -0.1) is 11.3 Å². The molecule has 5 heteroatoms. The number of para-hydroxylation sites is 1. The summed E-state index contributed by atoms with van der Waals surface area (Å²) >= 11 is 1.81. The number of piperidine rings is 1. The van der Waals surface area contributed by atoms with Crippen LogP contribution in [0.1, 0.15) is 23.3 Å². The van der Waals surface area contributed by atoms with Gasteiger partial charge >= 0.3 is 0 Å². The summed E-state index contributed by atoms with van der Waals surface area (Å²) in [5, 5.41) is 3.08. The molecule has 0 spiro atoms. The first-order chi connectivity index (χ1) is 13.2. The Labute approximate surface area is 162 Å². The third-order valence-electron chi connectivity index (χ3n) is 5.18. The van der Waals surface area contributed by atoms with Crippen molar-refractivity contribution < 1.29 is 4.79 Å². The first-order valence-corrected chi connectivity index (χ1v) is 10.2. The Morgan fingerprint density at radius 3 is 2.78 bits per heavy atom. The summed E-state index contributed by atoms with van der Waals surface area (Å²) in [6.45, 7) is 1.57. The summed E-state index contributed by atoms with van der Waals surface area (Å²) in [6.07, 6.45) is 6.34. The van der Waals surface area contributed by atoms with Gasteiger partial charge in [-0.3, -0.25) is 9.59 Å². The lowest BCUT2D eigenvalue weighted by Gasteiger charge is -2.31. The average molecular weight is 378 g/mol. The number of nitrogens with one attached hydrogen (secondary N) is 1. The van der Waals surface area contributed by atoms with Gasteiger partial charge in [0.25, 0.3) is 5.56 Å². The molecular weight excluding hydrogens is 356 g/mol. The molecule has 1 aliphatic rings. The Hall–Kier alpha value is -2.66. The largest absolute Gasteiger partial charge is 0.339 e. The molecule has 0 unspecified atom stereocenters. The minimum atomic E-state index is -0.174. The number of hydrogen-bond acceptors (Lipinski definition) is 3. The Balaban J connectivity index is 1.38. The van der Waals surface area contributed by atoms with Gasteiger partial charge in [-0.2, -0.15) is 0 Å². The molecule has 4 rings (SSSR count). The zero-order chi connectivity index (χ0) is 18.6. The molecule has 1 amide bonds. The fourth-order valence-corrected chi connectivity index (χ4v) is 4.45. The number of amides is 1. The maximum absolute atomic E-state index is 12.5. The molecule has 4 nitrogen and oxygen atoms in total. The van der Waals surface area contributed by atoms with E-state index in [2.05, 4.69) is 22.5 Å². The molecule has 0 saturated carbocycles. The van der Waals surface area contributed by atoms with E-state index in [0.717, 1.165) is 43.3 Å². The van der Waals surface area contributed by atoms with Crippen LogP contribution in [0, 0.1) is 5.92 Å². The van der Waals surface area contributed by atoms with Crippen molar-refractivity contribution in [1.82, 2.24) is 9.88 Å². The topological polar surface area (TPSA) is 53.2 Å². The molecule has 0 aliphatic carbocycles. The Morgan fingerprint density at radius 2 is 2.00 bits per heavy atom. The number of benzene rings is 1. The predicted molar refractivity (Wildman–Crippen MR) is 111 cm³/mol. The molecule has 3 aromatic rings. The van der Waals surface area contributed by atoms with E-state index in [0.29, 0.717) is 11.5 Å². The van der Waals surface area contributed by atoms with Crippen molar-refractivity contribution >= 4 is 34.2 Å². The van der Waals surface area contributed by atoms with E-state index in [9.17, 15) is 9.59 Å². The number of thiophene rings is 1. The quantitative estimate of drug-likeness (QED) is 0.696. The van der Waals surface area contributed by atoms with Crippen molar-refractivity contribution in [1.29, 1.82) is 0 Å². The van der Waals surface area contributed by atoms with Crippen LogP contribution in [-0.4, -0.2) is 28.9 Å². The molecule has 1 saturated heterocycles. The number of pyridine rings is 1. The molecule has 1 aliphatic heterocycles. The van der Waals surface area contributed by atoms with Gasteiger partial charge in [-0.1, -0.05) is 24.3 Å². The maximum atomic E-state index is 12.5. The number of likely N-dealkylation sites (tertiary alicyclic amines) is 1. The van der Waals surface area contributed by atoms with Crippen molar-refractivity contribution in [3.05, 3.63) is 74.7 Å². The van der Waals surface area contributed by atoms with Crippen molar-refractivity contribution in [2.75, 3.05) is 13.1 Å². The number of aromatic nitrogens is 1. The van der Waals surface area contributed by atoms with E-state index in [1.165, 1.54) is 11.0 Å². The smallest absolute Gasteiger partial charge is 0.255 e. The number of H-pyrrole nitrogens is 1. The highest BCUT2D eigenvalue weighted by atomic mass is 32.1. The van der Waals surface area contributed by atoms with Crippen LogP contribution in [0.2, 0.25) is 0 Å². The van der Waals surface area contributed by atoms with E-state index in [-0.39, 0.29) is 11.5 Å². The molecule has 0 bridgehead atoms. The minimum Gasteiger partial charge on any atom is -0.339 e. The van der Waals surface area contributed by atoms with Crippen LogP contribution < -0.4 is 5.56 Å².